The number of hydrogen-bond donors (Lipinski definition) is 0. The first kappa shape index (κ1) is 18.3. The van der Waals surface area contributed by atoms with Gasteiger partial charge in [0.15, 0.2) is 11.5 Å². The number of benzene rings is 1. The molecule has 1 aromatic heterocycles. The Morgan fingerprint density at radius 3 is 2.37 bits per heavy atom. The number of aryl methyl sites for hydroxylation is 1. The lowest BCUT2D eigenvalue weighted by atomic mass is 10.2. The van der Waals surface area contributed by atoms with Crippen LogP contribution in [0.4, 0.5) is 0 Å². The van der Waals surface area contributed by atoms with Gasteiger partial charge in [-0.2, -0.15) is 0 Å². The van der Waals surface area contributed by atoms with Crippen molar-refractivity contribution in [1.82, 2.24) is 9.88 Å². The summed E-state index contributed by atoms with van der Waals surface area (Å²) in [5, 5.41) is 0.846. The molecule has 0 bridgehead atoms. The summed E-state index contributed by atoms with van der Waals surface area (Å²) in [6.07, 6.45) is 7.04. The summed E-state index contributed by atoms with van der Waals surface area (Å²) in [5.41, 5.74) is 1.76. The zero-order valence-corrected chi connectivity index (χ0v) is 17.0. The first-order chi connectivity index (χ1) is 13.1. The molecular formula is C21H26N2O3S. The second kappa shape index (κ2) is 7.50. The summed E-state index contributed by atoms with van der Waals surface area (Å²) in [4.78, 5) is 21.0. The van der Waals surface area contributed by atoms with E-state index in [-0.39, 0.29) is 5.91 Å². The maximum atomic E-state index is 13.4. The number of hydrogen-bond acceptors (Lipinski definition) is 5. The Morgan fingerprint density at radius 2 is 1.74 bits per heavy atom. The zero-order valence-electron chi connectivity index (χ0n) is 16.2. The zero-order chi connectivity index (χ0) is 19.0. The summed E-state index contributed by atoms with van der Waals surface area (Å²) in [5.74, 6) is 1.53. The van der Waals surface area contributed by atoms with Gasteiger partial charge < -0.3 is 14.4 Å². The van der Waals surface area contributed by atoms with E-state index in [2.05, 4.69) is 4.90 Å². The van der Waals surface area contributed by atoms with Crippen molar-refractivity contribution in [3.8, 4) is 22.1 Å². The monoisotopic (exact) mass is 386 g/mol. The van der Waals surface area contributed by atoms with Gasteiger partial charge in [0, 0.05) is 17.6 Å². The van der Waals surface area contributed by atoms with E-state index in [0.29, 0.717) is 23.6 Å². The van der Waals surface area contributed by atoms with E-state index in [4.69, 9.17) is 14.5 Å². The van der Waals surface area contributed by atoms with Gasteiger partial charge in [-0.1, -0.05) is 12.8 Å². The molecule has 144 valence electrons. The molecule has 2 saturated carbocycles. The number of nitrogens with zero attached hydrogens (tertiary/aromatic N) is 2. The molecule has 0 N–H and O–H groups in total. The fourth-order valence-electron chi connectivity index (χ4n) is 3.97. The van der Waals surface area contributed by atoms with Gasteiger partial charge in [-0.15, -0.1) is 11.3 Å². The molecule has 0 aliphatic heterocycles. The maximum absolute atomic E-state index is 13.4. The van der Waals surface area contributed by atoms with Crippen LogP contribution in [0.3, 0.4) is 0 Å². The van der Waals surface area contributed by atoms with E-state index in [1.807, 2.05) is 25.1 Å². The summed E-state index contributed by atoms with van der Waals surface area (Å²) in [6.45, 7) is 1.94. The van der Waals surface area contributed by atoms with Crippen LogP contribution in [0.2, 0.25) is 0 Å². The standard InChI is InChI=1S/C21H26N2O3S/c1-13-19(21(24)23(16-9-10-16)15-6-4-5-7-15)27-20(22-13)14-8-11-17(25-2)18(12-14)26-3/h8,11-12,15-16H,4-7,9-10H2,1-3H3. The van der Waals surface area contributed by atoms with Gasteiger partial charge in [-0.3, -0.25) is 4.79 Å². The highest BCUT2D eigenvalue weighted by molar-refractivity contribution is 7.17. The molecule has 0 saturated heterocycles. The SMILES string of the molecule is COc1ccc(-c2nc(C)c(C(=O)N(C3CCCC3)C3CC3)s2)cc1OC. The molecule has 0 atom stereocenters. The number of thiazole rings is 1. The summed E-state index contributed by atoms with van der Waals surface area (Å²) in [6, 6.07) is 6.61. The van der Waals surface area contributed by atoms with Gasteiger partial charge in [-0.25, -0.2) is 4.98 Å². The Hall–Kier alpha value is -2.08. The van der Waals surface area contributed by atoms with Crippen molar-refractivity contribution in [3.05, 3.63) is 28.8 Å². The smallest absolute Gasteiger partial charge is 0.266 e. The van der Waals surface area contributed by atoms with Crippen LogP contribution in [-0.2, 0) is 0 Å². The Kier molecular flexibility index (Phi) is 5.08. The average Bonchev–Trinajstić information content (AvgIpc) is 3.21. The Balaban J connectivity index is 1.64. The van der Waals surface area contributed by atoms with E-state index in [9.17, 15) is 4.79 Å². The van der Waals surface area contributed by atoms with Crippen LogP contribution in [-0.4, -0.2) is 42.1 Å². The minimum Gasteiger partial charge on any atom is -0.493 e. The van der Waals surface area contributed by atoms with Crippen molar-refractivity contribution in [1.29, 1.82) is 0 Å². The highest BCUT2D eigenvalue weighted by Crippen LogP contribution is 2.39. The van der Waals surface area contributed by atoms with Crippen LogP contribution in [0.5, 0.6) is 11.5 Å². The minimum absolute atomic E-state index is 0.172. The fraction of sp³-hybridized carbons (Fsp3) is 0.524. The lowest BCUT2D eigenvalue weighted by Crippen LogP contribution is -2.40. The normalized spacial score (nSPS) is 17.1. The second-order valence-electron chi connectivity index (χ2n) is 7.39. The number of aromatic nitrogens is 1. The molecule has 2 fully saturated rings. The summed E-state index contributed by atoms with van der Waals surface area (Å²) in [7, 11) is 3.25. The average molecular weight is 387 g/mol. The molecule has 1 aromatic carbocycles. The Labute approximate surface area is 164 Å². The molecule has 0 unspecified atom stereocenters. The quantitative estimate of drug-likeness (QED) is 0.723. The number of rotatable bonds is 6. The van der Waals surface area contributed by atoms with E-state index in [0.717, 1.165) is 46.8 Å². The molecular weight excluding hydrogens is 360 g/mol. The minimum atomic E-state index is 0.172. The number of ether oxygens (including phenoxy) is 2. The van der Waals surface area contributed by atoms with Gasteiger partial charge in [-0.05, 0) is 50.8 Å². The Morgan fingerprint density at radius 1 is 1.07 bits per heavy atom. The van der Waals surface area contributed by atoms with Crippen LogP contribution >= 0.6 is 11.3 Å². The fourth-order valence-corrected chi connectivity index (χ4v) is 4.98. The third-order valence-corrected chi connectivity index (χ3v) is 6.71. The van der Waals surface area contributed by atoms with Gasteiger partial charge in [0.2, 0.25) is 0 Å². The lowest BCUT2D eigenvalue weighted by molar-refractivity contribution is 0.0668. The van der Waals surface area contributed by atoms with E-state index in [1.165, 1.54) is 24.2 Å². The van der Waals surface area contributed by atoms with Gasteiger partial charge in [0.1, 0.15) is 9.88 Å². The topological polar surface area (TPSA) is 51.7 Å². The molecule has 0 spiro atoms. The molecule has 0 radical (unpaired) electrons. The number of carbonyl (C=O) groups excluding carboxylic acids is 1. The van der Waals surface area contributed by atoms with Crippen molar-refractivity contribution in [3.63, 3.8) is 0 Å². The molecule has 1 heterocycles. The molecule has 5 nitrogen and oxygen atoms in total. The van der Waals surface area contributed by atoms with Crippen molar-refractivity contribution in [2.24, 2.45) is 0 Å². The van der Waals surface area contributed by atoms with Crippen LogP contribution in [0.25, 0.3) is 10.6 Å². The van der Waals surface area contributed by atoms with Gasteiger partial charge in [0.05, 0.1) is 19.9 Å². The molecule has 2 aliphatic carbocycles. The highest BCUT2D eigenvalue weighted by Gasteiger charge is 2.39. The first-order valence-electron chi connectivity index (χ1n) is 9.65. The number of methoxy groups -OCH3 is 2. The molecule has 2 aromatic rings. The molecule has 4 rings (SSSR count). The third-order valence-electron chi connectivity index (χ3n) is 5.51. The first-order valence-corrected chi connectivity index (χ1v) is 10.5. The molecule has 1 amide bonds. The van der Waals surface area contributed by atoms with Crippen molar-refractivity contribution in [2.45, 2.75) is 57.5 Å². The van der Waals surface area contributed by atoms with Gasteiger partial charge >= 0.3 is 0 Å². The van der Waals surface area contributed by atoms with E-state index < -0.39 is 0 Å². The second-order valence-corrected chi connectivity index (χ2v) is 8.38. The predicted molar refractivity (Wildman–Crippen MR) is 107 cm³/mol. The predicted octanol–water partition coefficient (Wildman–Crippen LogP) is 4.68. The number of carbonyl (C=O) groups is 1. The largest absolute Gasteiger partial charge is 0.493 e. The highest BCUT2D eigenvalue weighted by atomic mass is 32.1. The van der Waals surface area contributed by atoms with Crippen LogP contribution < -0.4 is 9.47 Å². The molecule has 6 heteroatoms. The number of amides is 1. The van der Waals surface area contributed by atoms with Crippen LogP contribution in [0.15, 0.2) is 18.2 Å². The van der Waals surface area contributed by atoms with Crippen molar-refractivity contribution < 1.29 is 14.3 Å². The third kappa shape index (κ3) is 3.55. The molecule has 27 heavy (non-hydrogen) atoms. The van der Waals surface area contributed by atoms with E-state index in [1.54, 1.807) is 14.2 Å². The van der Waals surface area contributed by atoms with Gasteiger partial charge in [0.25, 0.3) is 5.91 Å². The van der Waals surface area contributed by atoms with E-state index >= 15 is 0 Å². The molecule has 2 aliphatic rings. The van der Waals surface area contributed by atoms with Crippen LogP contribution in [0.1, 0.15) is 53.9 Å². The maximum Gasteiger partial charge on any atom is 0.266 e. The summed E-state index contributed by atoms with van der Waals surface area (Å²) >= 11 is 1.49. The van der Waals surface area contributed by atoms with Crippen LogP contribution in [0, 0.1) is 6.92 Å². The summed E-state index contributed by atoms with van der Waals surface area (Å²) < 4.78 is 10.7. The van der Waals surface area contributed by atoms with Crippen molar-refractivity contribution in [2.75, 3.05) is 14.2 Å². The van der Waals surface area contributed by atoms with Crippen molar-refractivity contribution >= 4 is 17.2 Å². The Bertz CT molecular complexity index is 838. The lowest BCUT2D eigenvalue weighted by Gasteiger charge is -2.28.